The molecule has 3 atom stereocenters. The number of hydrogen-bond donors (Lipinski definition) is 2. The van der Waals surface area contributed by atoms with Crippen LogP contribution in [0.4, 0.5) is 24.7 Å². The molecule has 192 valence electrons. The molecule has 1 aromatic carbocycles. The highest BCUT2D eigenvalue weighted by Crippen LogP contribution is 2.31. The average Bonchev–Trinajstić information content (AvgIpc) is 3.31. The Morgan fingerprint density at radius 3 is 2.44 bits per heavy atom. The number of rotatable bonds is 6. The summed E-state index contributed by atoms with van der Waals surface area (Å²) in [5, 5.41) is 11.8. The summed E-state index contributed by atoms with van der Waals surface area (Å²) in [5.41, 5.74) is 2.40. The third-order valence-corrected chi connectivity index (χ3v) is 7.33. The fraction of sp³-hybridized carbons (Fsp3) is 0.481. The highest BCUT2D eigenvalue weighted by molar-refractivity contribution is 5.65. The van der Waals surface area contributed by atoms with Crippen molar-refractivity contribution in [2.24, 2.45) is 7.05 Å². The van der Waals surface area contributed by atoms with Gasteiger partial charge in [-0.15, -0.1) is 0 Å². The molecule has 5 rings (SSSR count). The molecule has 0 unspecified atom stereocenters. The van der Waals surface area contributed by atoms with Gasteiger partial charge in [0.05, 0.1) is 11.8 Å². The third kappa shape index (κ3) is 5.83. The summed E-state index contributed by atoms with van der Waals surface area (Å²) in [5.74, 6) is 0.866. The lowest BCUT2D eigenvalue weighted by Crippen LogP contribution is -2.55. The summed E-state index contributed by atoms with van der Waals surface area (Å²) in [6.07, 6.45) is 7.99. The van der Waals surface area contributed by atoms with Gasteiger partial charge in [-0.2, -0.15) is 18.3 Å². The maximum atomic E-state index is 12.9. The second kappa shape index (κ2) is 10.5. The molecular weight excluding hydrogens is 465 g/mol. The van der Waals surface area contributed by atoms with Crippen molar-refractivity contribution < 1.29 is 13.2 Å². The molecule has 6 nitrogen and oxygen atoms in total. The first-order valence-corrected chi connectivity index (χ1v) is 12.7. The number of aromatic nitrogens is 3. The normalized spacial score (nSPS) is 23.0. The number of halogens is 3. The minimum atomic E-state index is -4.31. The van der Waals surface area contributed by atoms with Crippen LogP contribution in [0.1, 0.15) is 44.1 Å². The highest BCUT2D eigenvalue weighted by Gasteiger charge is 2.32. The predicted molar refractivity (Wildman–Crippen MR) is 136 cm³/mol. The lowest BCUT2D eigenvalue weighted by molar-refractivity contribution is -0.137. The van der Waals surface area contributed by atoms with Crippen LogP contribution in [0.3, 0.4) is 0 Å². The van der Waals surface area contributed by atoms with E-state index in [1.165, 1.54) is 25.0 Å². The van der Waals surface area contributed by atoms with Gasteiger partial charge in [-0.05, 0) is 67.6 Å². The van der Waals surface area contributed by atoms with Crippen LogP contribution < -0.4 is 15.5 Å². The van der Waals surface area contributed by atoms with E-state index in [4.69, 9.17) is 0 Å². The van der Waals surface area contributed by atoms with Crippen molar-refractivity contribution in [3.8, 4) is 11.1 Å². The number of alkyl halides is 3. The van der Waals surface area contributed by atoms with Crippen molar-refractivity contribution in [2.75, 3.05) is 23.3 Å². The minimum Gasteiger partial charge on any atom is -0.370 e. The van der Waals surface area contributed by atoms with E-state index in [9.17, 15) is 13.2 Å². The van der Waals surface area contributed by atoms with Crippen molar-refractivity contribution in [3.05, 3.63) is 60.6 Å². The molecule has 2 aliphatic rings. The quantitative estimate of drug-likeness (QED) is 0.471. The lowest BCUT2D eigenvalue weighted by Gasteiger charge is -2.40. The molecule has 3 aromatic rings. The monoisotopic (exact) mass is 498 g/mol. The van der Waals surface area contributed by atoms with Crippen LogP contribution in [0.25, 0.3) is 11.1 Å². The van der Waals surface area contributed by atoms with Gasteiger partial charge in [0.2, 0.25) is 0 Å². The summed E-state index contributed by atoms with van der Waals surface area (Å²) < 4.78 is 40.6. The van der Waals surface area contributed by atoms with Crippen molar-refractivity contribution in [2.45, 2.75) is 62.8 Å². The molecule has 0 bridgehead atoms. The largest absolute Gasteiger partial charge is 0.416 e. The van der Waals surface area contributed by atoms with Gasteiger partial charge in [-0.3, -0.25) is 4.68 Å². The van der Waals surface area contributed by atoms with Crippen molar-refractivity contribution in [1.82, 2.24) is 20.1 Å². The van der Waals surface area contributed by atoms with Crippen LogP contribution in [-0.4, -0.2) is 46.0 Å². The molecular formula is C27H33F3N6. The van der Waals surface area contributed by atoms with Crippen molar-refractivity contribution in [3.63, 3.8) is 0 Å². The van der Waals surface area contributed by atoms with Crippen LogP contribution in [0.15, 0.2) is 55.0 Å². The maximum absolute atomic E-state index is 12.9. The second-order valence-corrected chi connectivity index (χ2v) is 9.97. The number of nitrogens with zero attached hydrogens (tertiary/aromatic N) is 4. The SMILES string of the molecule is Cn1cc(-c2ccnc(N[C@@H]3CCCC[C@H]3N[C@H]3CCCN(c4ccc(C(F)(F)F)cc4)C3)c2)cn1. The van der Waals surface area contributed by atoms with E-state index in [1.807, 2.05) is 31.7 Å². The molecule has 36 heavy (non-hydrogen) atoms. The molecule has 2 aromatic heterocycles. The van der Waals surface area contributed by atoms with Gasteiger partial charge in [0, 0.05) is 61.9 Å². The average molecular weight is 499 g/mol. The zero-order valence-electron chi connectivity index (χ0n) is 20.5. The maximum Gasteiger partial charge on any atom is 0.416 e. The number of anilines is 2. The fourth-order valence-corrected chi connectivity index (χ4v) is 5.46. The molecule has 0 amide bonds. The van der Waals surface area contributed by atoms with E-state index in [2.05, 4.69) is 31.7 Å². The van der Waals surface area contributed by atoms with Crippen LogP contribution in [0.2, 0.25) is 0 Å². The van der Waals surface area contributed by atoms with E-state index in [0.717, 1.165) is 61.4 Å². The zero-order chi connectivity index (χ0) is 25.1. The van der Waals surface area contributed by atoms with Gasteiger partial charge in [0.15, 0.2) is 0 Å². The third-order valence-electron chi connectivity index (χ3n) is 7.33. The summed E-state index contributed by atoms with van der Waals surface area (Å²) >= 11 is 0. The standard InChI is InChI=1S/C27H33F3N6/c1-35-17-20(16-32-35)19-12-13-31-26(15-19)34-25-7-3-2-6-24(25)33-22-5-4-14-36(18-22)23-10-8-21(9-11-23)27(28,29)30/h8-13,15-17,22,24-25,33H,2-7,14,18H2,1H3,(H,31,34)/t22-,24+,25+/m0/s1. The number of benzene rings is 1. The number of hydrogen-bond acceptors (Lipinski definition) is 5. The smallest absolute Gasteiger partial charge is 0.370 e. The van der Waals surface area contributed by atoms with E-state index in [1.54, 1.807) is 16.8 Å². The van der Waals surface area contributed by atoms with E-state index in [0.29, 0.717) is 12.1 Å². The van der Waals surface area contributed by atoms with Crippen LogP contribution >= 0.6 is 0 Å². The molecule has 2 fully saturated rings. The summed E-state index contributed by atoms with van der Waals surface area (Å²) in [4.78, 5) is 6.77. The van der Waals surface area contributed by atoms with Gasteiger partial charge in [-0.25, -0.2) is 4.98 Å². The molecule has 9 heteroatoms. The Morgan fingerprint density at radius 2 is 1.72 bits per heavy atom. The summed E-state index contributed by atoms with van der Waals surface area (Å²) in [6, 6.07) is 10.5. The first-order valence-electron chi connectivity index (χ1n) is 12.7. The predicted octanol–water partition coefficient (Wildman–Crippen LogP) is 5.48. The van der Waals surface area contributed by atoms with E-state index in [-0.39, 0.29) is 6.04 Å². The van der Waals surface area contributed by atoms with Crippen molar-refractivity contribution >= 4 is 11.5 Å². The molecule has 0 radical (unpaired) electrons. The van der Waals surface area contributed by atoms with Gasteiger partial charge in [-0.1, -0.05) is 12.8 Å². The molecule has 1 saturated carbocycles. The van der Waals surface area contributed by atoms with Gasteiger partial charge >= 0.3 is 6.18 Å². The molecule has 3 heterocycles. The van der Waals surface area contributed by atoms with Crippen molar-refractivity contribution in [1.29, 1.82) is 0 Å². The van der Waals surface area contributed by atoms with E-state index >= 15 is 0 Å². The highest BCUT2D eigenvalue weighted by atomic mass is 19.4. The Labute approximate surface area is 209 Å². The number of aryl methyl sites for hydroxylation is 1. The number of nitrogens with one attached hydrogen (secondary N) is 2. The first kappa shape index (κ1) is 24.6. The van der Waals surface area contributed by atoms with E-state index < -0.39 is 11.7 Å². The lowest BCUT2D eigenvalue weighted by atomic mass is 9.89. The van der Waals surface area contributed by atoms with Gasteiger partial charge in [0.25, 0.3) is 0 Å². The molecule has 1 saturated heterocycles. The minimum absolute atomic E-state index is 0.275. The van der Waals surface area contributed by atoms with Gasteiger partial charge in [0.1, 0.15) is 5.82 Å². The Hall–Kier alpha value is -3.07. The van der Waals surface area contributed by atoms with Crippen LogP contribution in [0.5, 0.6) is 0 Å². The number of pyridine rings is 1. The number of piperidine rings is 1. The van der Waals surface area contributed by atoms with Crippen LogP contribution in [0, 0.1) is 0 Å². The Kier molecular flexibility index (Phi) is 7.18. The molecule has 2 N–H and O–H groups in total. The Balaban J connectivity index is 1.23. The molecule has 1 aliphatic heterocycles. The first-order chi connectivity index (χ1) is 17.3. The molecule has 0 spiro atoms. The topological polar surface area (TPSA) is 58.0 Å². The van der Waals surface area contributed by atoms with Crippen LogP contribution in [-0.2, 0) is 13.2 Å². The second-order valence-electron chi connectivity index (χ2n) is 9.97. The summed E-state index contributed by atoms with van der Waals surface area (Å²) in [6.45, 7) is 1.66. The molecule has 1 aliphatic carbocycles. The Morgan fingerprint density at radius 1 is 0.944 bits per heavy atom. The summed E-state index contributed by atoms with van der Waals surface area (Å²) in [7, 11) is 1.91. The zero-order valence-corrected chi connectivity index (χ0v) is 20.5. The Bertz CT molecular complexity index is 1140. The fourth-order valence-electron chi connectivity index (χ4n) is 5.46. The van der Waals surface area contributed by atoms with Gasteiger partial charge < -0.3 is 15.5 Å².